The number of carbonyl (C=O) groups is 1. The zero-order valence-electron chi connectivity index (χ0n) is 11.2. The number of ether oxygens (including phenoxy) is 1. The van der Waals surface area contributed by atoms with Gasteiger partial charge in [-0.1, -0.05) is 20.4 Å². The second kappa shape index (κ2) is 6.77. The van der Waals surface area contributed by atoms with E-state index in [0.29, 0.717) is 18.0 Å². The highest BCUT2D eigenvalue weighted by Crippen LogP contribution is 2.04. The van der Waals surface area contributed by atoms with Crippen molar-refractivity contribution in [2.45, 2.75) is 26.8 Å². The molecule has 0 spiro atoms. The molecule has 1 fully saturated rings. The van der Waals surface area contributed by atoms with Crippen LogP contribution in [0.5, 0.6) is 0 Å². The van der Waals surface area contributed by atoms with Crippen molar-refractivity contribution < 1.29 is 9.53 Å². The highest BCUT2D eigenvalue weighted by molar-refractivity contribution is 5.93. The summed E-state index contributed by atoms with van der Waals surface area (Å²) in [5.74, 6) is 0.410. The molecule has 0 saturated carbocycles. The number of carbonyl (C=O) groups excluding carboxylic acids is 1. The summed E-state index contributed by atoms with van der Waals surface area (Å²) in [6.07, 6.45) is 0. The fourth-order valence-corrected chi connectivity index (χ4v) is 1.58. The van der Waals surface area contributed by atoms with Crippen LogP contribution < -0.4 is 5.32 Å². The molecule has 1 aliphatic rings. The molecule has 0 radical (unpaired) electrons. The van der Waals surface area contributed by atoms with Crippen LogP contribution in [-0.2, 0) is 9.53 Å². The van der Waals surface area contributed by atoms with Crippen LogP contribution in [0.25, 0.3) is 0 Å². The van der Waals surface area contributed by atoms with Gasteiger partial charge in [0.2, 0.25) is 5.91 Å². The number of nitrogens with zero attached hydrogens (tertiary/aromatic N) is 1. The van der Waals surface area contributed by atoms with Gasteiger partial charge in [-0.3, -0.25) is 9.69 Å². The highest BCUT2D eigenvalue weighted by atomic mass is 16.5. The lowest BCUT2D eigenvalue weighted by Gasteiger charge is -2.27. The fraction of sp³-hybridized carbons (Fsp3) is 0.769. The first-order valence-corrected chi connectivity index (χ1v) is 6.29. The van der Waals surface area contributed by atoms with Gasteiger partial charge in [-0.05, 0) is 12.8 Å². The third-order valence-corrected chi connectivity index (χ3v) is 3.20. The average molecular weight is 240 g/mol. The van der Waals surface area contributed by atoms with Crippen LogP contribution >= 0.6 is 0 Å². The monoisotopic (exact) mass is 240 g/mol. The molecule has 0 unspecified atom stereocenters. The van der Waals surface area contributed by atoms with Gasteiger partial charge in [0, 0.05) is 31.2 Å². The minimum Gasteiger partial charge on any atom is -0.379 e. The Kier molecular flexibility index (Phi) is 5.65. The van der Waals surface area contributed by atoms with Crippen LogP contribution in [0.1, 0.15) is 20.8 Å². The molecule has 17 heavy (non-hydrogen) atoms. The van der Waals surface area contributed by atoms with Crippen molar-refractivity contribution in [1.82, 2.24) is 10.2 Å². The molecule has 0 aromatic rings. The third kappa shape index (κ3) is 4.88. The number of amides is 1. The van der Waals surface area contributed by atoms with Crippen molar-refractivity contribution in [2.24, 2.45) is 5.92 Å². The summed E-state index contributed by atoms with van der Waals surface area (Å²) in [6, 6.07) is 0.184. The van der Waals surface area contributed by atoms with Crippen molar-refractivity contribution in [1.29, 1.82) is 0 Å². The van der Waals surface area contributed by atoms with Crippen LogP contribution in [-0.4, -0.2) is 49.7 Å². The van der Waals surface area contributed by atoms with Crippen molar-refractivity contribution in [3.8, 4) is 0 Å². The molecular formula is C13H24N2O2. The first kappa shape index (κ1) is 14.2. The molecule has 4 nitrogen and oxygen atoms in total. The summed E-state index contributed by atoms with van der Waals surface area (Å²) in [5, 5.41) is 2.97. The largest absolute Gasteiger partial charge is 0.379 e. The number of nitrogens with one attached hydrogen (secondary N) is 1. The second-order valence-electron chi connectivity index (χ2n) is 5.00. The molecule has 0 aromatic carbocycles. The average Bonchev–Trinajstić information content (AvgIpc) is 2.29. The molecule has 4 heteroatoms. The summed E-state index contributed by atoms with van der Waals surface area (Å²) in [7, 11) is 0. The lowest BCUT2D eigenvalue weighted by molar-refractivity contribution is -0.118. The molecular weight excluding hydrogens is 216 g/mol. The minimum absolute atomic E-state index is 0.0299. The predicted octanol–water partition coefficient (Wildman–Crippen LogP) is 1.04. The second-order valence-corrected chi connectivity index (χ2v) is 5.00. The Bertz CT molecular complexity index is 271. The predicted molar refractivity (Wildman–Crippen MR) is 68.8 cm³/mol. The maximum absolute atomic E-state index is 11.9. The summed E-state index contributed by atoms with van der Waals surface area (Å²) >= 11 is 0. The van der Waals surface area contributed by atoms with Gasteiger partial charge in [0.1, 0.15) is 0 Å². The summed E-state index contributed by atoms with van der Waals surface area (Å²) in [6.45, 7) is 14.0. The molecule has 1 aliphatic heterocycles. The molecule has 1 N–H and O–H groups in total. The van der Waals surface area contributed by atoms with Crippen LogP contribution in [0.2, 0.25) is 0 Å². The van der Waals surface area contributed by atoms with E-state index in [0.717, 1.165) is 26.3 Å². The van der Waals surface area contributed by atoms with Gasteiger partial charge < -0.3 is 10.1 Å². The van der Waals surface area contributed by atoms with Gasteiger partial charge in [0.15, 0.2) is 0 Å². The maximum atomic E-state index is 11.9. The topological polar surface area (TPSA) is 41.6 Å². The van der Waals surface area contributed by atoms with E-state index in [1.165, 1.54) is 0 Å². The van der Waals surface area contributed by atoms with Gasteiger partial charge in [0.25, 0.3) is 0 Å². The normalized spacial score (nSPS) is 19.1. The van der Waals surface area contributed by atoms with E-state index in [1.807, 2.05) is 6.92 Å². The lowest BCUT2D eigenvalue weighted by atomic mass is 10.1. The maximum Gasteiger partial charge on any atom is 0.248 e. The molecule has 1 rings (SSSR count). The Labute approximate surface area is 104 Å². The van der Waals surface area contributed by atoms with E-state index in [4.69, 9.17) is 4.74 Å². The first-order valence-electron chi connectivity index (χ1n) is 6.29. The van der Waals surface area contributed by atoms with Crippen LogP contribution in [0.3, 0.4) is 0 Å². The van der Waals surface area contributed by atoms with Crippen LogP contribution in [0.4, 0.5) is 0 Å². The van der Waals surface area contributed by atoms with Crippen molar-refractivity contribution in [3.05, 3.63) is 12.2 Å². The summed E-state index contributed by atoms with van der Waals surface area (Å²) < 4.78 is 5.27. The Balaban J connectivity index is 2.33. The zero-order valence-corrected chi connectivity index (χ0v) is 11.2. The molecule has 1 heterocycles. The molecule has 1 amide bonds. The summed E-state index contributed by atoms with van der Waals surface area (Å²) in [4.78, 5) is 14.1. The number of hydrogen-bond acceptors (Lipinski definition) is 3. The van der Waals surface area contributed by atoms with E-state index < -0.39 is 0 Å². The van der Waals surface area contributed by atoms with E-state index in [1.54, 1.807) is 0 Å². The van der Waals surface area contributed by atoms with Crippen LogP contribution in [0, 0.1) is 5.92 Å². The van der Waals surface area contributed by atoms with Gasteiger partial charge >= 0.3 is 0 Å². The van der Waals surface area contributed by atoms with Crippen molar-refractivity contribution in [3.63, 3.8) is 0 Å². The van der Waals surface area contributed by atoms with Crippen LogP contribution in [0.15, 0.2) is 12.2 Å². The Morgan fingerprint density at radius 1 is 1.35 bits per heavy atom. The smallest absolute Gasteiger partial charge is 0.248 e. The highest BCUT2D eigenvalue weighted by Gasteiger charge is 2.17. The number of hydrogen-bond donors (Lipinski definition) is 1. The van der Waals surface area contributed by atoms with Gasteiger partial charge in [0.05, 0.1) is 13.2 Å². The quantitative estimate of drug-likeness (QED) is 0.730. The van der Waals surface area contributed by atoms with E-state index in [2.05, 4.69) is 30.6 Å². The molecule has 1 saturated heterocycles. The Morgan fingerprint density at radius 3 is 2.47 bits per heavy atom. The minimum atomic E-state index is -0.0299. The third-order valence-electron chi connectivity index (χ3n) is 3.20. The number of rotatable bonds is 5. The van der Waals surface area contributed by atoms with E-state index >= 15 is 0 Å². The van der Waals surface area contributed by atoms with E-state index in [9.17, 15) is 4.79 Å². The Hall–Kier alpha value is -0.870. The lowest BCUT2D eigenvalue weighted by Crippen LogP contribution is -2.42. The SMILES string of the molecule is C=C(CN1CCOCC1)C(=O)N[C@@H](C)C(C)C. The Morgan fingerprint density at radius 2 is 1.94 bits per heavy atom. The molecule has 0 aliphatic carbocycles. The van der Waals surface area contributed by atoms with Gasteiger partial charge in [-0.2, -0.15) is 0 Å². The molecule has 98 valence electrons. The fourth-order valence-electron chi connectivity index (χ4n) is 1.58. The van der Waals surface area contributed by atoms with Gasteiger partial charge in [-0.15, -0.1) is 0 Å². The standard InChI is InChI=1S/C13H24N2O2/c1-10(2)12(4)14-13(16)11(3)9-15-5-7-17-8-6-15/h10,12H,3,5-9H2,1-2,4H3,(H,14,16)/t12-/m0/s1. The number of morpholine rings is 1. The molecule has 0 bridgehead atoms. The first-order chi connectivity index (χ1) is 8.00. The van der Waals surface area contributed by atoms with Gasteiger partial charge in [-0.25, -0.2) is 0 Å². The summed E-state index contributed by atoms with van der Waals surface area (Å²) in [5.41, 5.74) is 0.638. The van der Waals surface area contributed by atoms with Crippen molar-refractivity contribution >= 4 is 5.91 Å². The zero-order chi connectivity index (χ0) is 12.8. The van der Waals surface area contributed by atoms with Crippen molar-refractivity contribution in [2.75, 3.05) is 32.8 Å². The molecule has 1 atom stereocenters. The van der Waals surface area contributed by atoms with E-state index in [-0.39, 0.29) is 11.9 Å². The molecule has 0 aromatic heterocycles.